The average molecular weight is 250 g/mol. The van der Waals surface area contributed by atoms with Gasteiger partial charge >= 0.3 is 0 Å². The van der Waals surface area contributed by atoms with Crippen molar-refractivity contribution >= 4 is 15.9 Å². The summed E-state index contributed by atoms with van der Waals surface area (Å²) in [6.45, 7) is 1.85. The summed E-state index contributed by atoms with van der Waals surface area (Å²) in [5.74, 6) is -0.138. The largest absolute Gasteiger partial charge is 0.297 e. The lowest BCUT2D eigenvalue weighted by molar-refractivity contribution is -0.121. The molecule has 16 heavy (non-hydrogen) atoms. The molecule has 0 rings (SSSR count). The molecule has 0 saturated heterocycles. The standard InChI is InChI=1S/C11H22O4S/c1-3-4-5-6-7-8-9-11(12)10-15-16(2,13)14/h3-10H2,1-2H3. The van der Waals surface area contributed by atoms with Crippen LogP contribution in [0.1, 0.15) is 51.9 Å². The lowest BCUT2D eigenvalue weighted by Crippen LogP contribution is -2.12. The van der Waals surface area contributed by atoms with Crippen LogP contribution in [0.4, 0.5) is 0 Å². The van der Waals surface area contributed by atoms with Gasteiger partial charge in [-0.3, -0.25) is 8.98 Å². The van der Waals surface area contributed by atoms with Crippen molar-refractivity contribution in [2.45, 2.75) is 51.9 Å². The second-order valence-corrected chi connectivity index (χ2v) is 5.67. The van der Waals surface area contributed by atoms with Crippen molar-refractivity contribution in [3.05, 3.63) is 0 Å². The van der Waals surface area contributed by atoms with Crippen LogP contribution in [0.5, 0.6) is 0 Å². The highest BCUT2D eigenvalue weighted by atomic mass is 32.2. The Labute approximate surface area is 98.5 Å². The highest BCUT2D eigenvalue weighted by molar-refractivity contribution is 7.86. The van der Waals surface area contributed by atoms with Gasteiger partial charge in [0.1, 0.15) is 6.61 Å². The summed E-state index contributed by atoms with van der Waals surface area (Å²) in [6.07, 6.45) is 8.04. The van der Waals surface area contributed by atoms with Crippen LogP contribution in [-0.4, -0.2) is 27.1 Å². The zero-order valence-electron chi connectivity index (χ0n) is 10.2. The molecule has 0 saturated carbocycles. The van der Waals surface area contributed by atoms with E-state index in [1.807, 2.05) is 0 Å². The molecule has 0 unspecified atom stereocenters. The molecule has 96 valence electrons. The summed E-state index contributed by atoms with van der Waals surface area (Å²) in [4.78, 5) is 11.2. The van der Waals surface area contributed by atoms with Gasteiger partial charge in [0.2, 0.25) is 0 Å². The molecule has 4 nitrogen and oxygen atoms in total. The zero-order chi connectivity index (χ0) is 12.4. The van der Waals surface area contributed by atoms with Gasteiger partial charge in [-0.1, -0.05) is 39.0 Å². The lowest BCUT2D eigenvalue weighted by atomic mass is 10.1. The third-order valence-corrected chi connectivity index (χ3v) is 2.79. The fourth-order valence-corrected chi connectivity index (χ4v) is 1.69. The van der Waals surface area contributed by atoms with Gasteiger partial charge in [-0.05, 0) is 6.42 Å². The van der Waals surface area contributed by atoms with Gasteiger partial charge in [0.15, 0.2) is 5.78 Å². The van der Waals surface area contributed by atoms with Crippen LogP contribution in [0.2, 0.25) is 0 Å². The van der Waals surface area contributed by atoms with E-state index < -0.39 is 10.1 Å². The molecular weight excluding hydrogens is 228 g/mol. The highest BCUT2D eigenvalue weighted by Crippen LogP contribution is 2.07. The number of Topliss-reactive ketones (excluding diaryl/α,β-unsaturated/α-hetero) is 1. The van der Waals surface area contributed by atoms with E-state index in [0.29, 0.717) is 6.42 Å². The Morgan fingerprint density at radius 3 is 2.19 bits per heavy atom. The van der Waals surface area contributed by atoms with Crippen LogP contribution < -0.4 is 0 Å². The number of carbonyl (C=O) groups excluding carboxylic acids is 1. The van der Waals surface area contributed by atoms with Crippen LogP contribution in [0.3, 0.4) is 0 Å². The smallest absolute Gasteiger partial charge is 0.264 e. The molecule has 0 bridgehead atoms. The molecule has 0 amide bonds. The molecule has 0 aromatic rings. The number of unbranched alkanes of at least 4 members (excludes halogenated alkanes) is 5. The maximum atomic E-state index is 11.2. The van der Waals surface area contributed by atoms with Crippen molar-refractivity contribution in [1.29, 1.82) is 0 Å². The highest BCUT2D eigenvalue weighted by Gasteiger charge is 2.07. The predicted molar refractivity (Wildman–Crippen MR) is 63.8 cm³/mol. The molecule has 0 N–H and O–H groups in total. The molecule has 0 atom stereocenters. The molecule has 0 aromatic heterocycles. The molecule has 0 aromatic carbocycles. The van der Waals surface area contributed by atoms with Crippen molar-refractivity contribution in [1.82, 2.24) is 0 Å². The predicted octanol–water partition coefficient (Wildman–Crippen LogP) is 2.28. The maximum Gasteiger partial charge on any atom is 0.264 e. The van der Waals surface area contributed by atoms with Crippen LogP contribution in [0.15, 0.2) is 0 Å². The van der Waals surface area contributed by atoms with Crippen molar-refractivity contribution < 1.29 is 17.4 Å². The third kappa shape index (κ3) is 11.7. The normalized spacial score (nSPS) is 11.6. The van der Waals surface area contributed by atoms with Crippen molar-refractivity contribution in [3.8, 4) is 0 Å². The minimum absolute atomic E-state index is 0.138. The van der Waals surface area contributed by atoms with Gasteiger partial charge in [0, 0.05) is 6.42 Å². The van der Waals surface area contributed by atoms with Crippen molar-refractivity contribution in [2.75, 3.05) is 12.9 Å². The molecule has 0 radical (unpaired) electrons. The second-order valence-electron chi connectivity index (χ2n) is 4.02. The van der Waals surface area contributed by atoms with E-state index in [1.54, 1.807) is 0 Å². The zero-order valence-corrected chi connectivity index (χ0v) is 11.0. The Balaban J connectivity index is 3.38. The molecule has 0 aliphatic heterocycles. The first-order chi connectivity index (χ1) is 7.45. The maximum absolute atomic E-state index is 11.2. The van der Waals surface area contributed by atoms with E-state index in [9.17, 15) is 13.2 Å². The first-order valence-electron chi connectivity index (χ1n) is 5.82. The Morgan fingerprint density at radius 1 is 1.06 bits per heavy atom. The molecule has 0 aliphatic carbocycles. The SMILES string of the molecule is CCCCCCCCC(=O)COS(C)(=O)=O. The number of hydrogen-bond acceptors (Lipinski definition) is 4. The van der Waals surface area contributed by atoms with Gasteiger partial charge in [-0.25, -0.2) is 0 Å². The second kappa shape index (κ2) is 8.70. The van der Waals surface area contributed by atoms with E-state index in [1.165, 1.54) is 19.3 Å². The molecule has 5 heteroatoms. The summed E-state index contributed by atoms with van der Waals surface area (Å²) < 4.78 is 25.6. The number of ketones is 1. The Bertz CT molecular complexity index is 282. The monoisotopic (exact) mass is 250 g/mol. The van der Waals surface area contributed by atoms with Crippen molar-refractivity contribution in [2.24, 2.45) is 0 Å². The first-order valence-corrected chi connectivity index (χ1v) is 7.63. The number of rotatable bonds is 10. The summed E-state index contributed by atoms with van der Waals surface area (Å²) >= 11 is 0. The molecule has 0 aliphatic rings. The Morgan fingerprint density at radius 2 is 1.62 bits per heavy atom. The summed E-state index contributed by atoms with van der Waals surface area (Å²) in [7, 11) is -3.48. The Hall–Kier alpha value is -0.420. The summed E-state index contributed by atoms with van der Waals surface area (Å²) in [5.41, 5.74) is 0. The van der Waals surface area contributed by atoms with E-state index in [2.05, 4.69) is 11.1 Å². The number of carbonyl (C=O) groups is 1. The summed E-state index contributed by atoms with van der Waals surface area (Å²) in [5, 5.41) is 0. The quantitative estimate of drug-likeness (QED) is 0.441. The third-order valence-electron chi connectivity index (χ3n) is 2.24. The Kier molecular flexibility index (Phi) is 8.47. The molecule has 0 spiro atoms. The van der Waals surface area contributed by atoms with E-state index >= 15 is 0 Å². The lowest BCUT2D eigenvalue weighted by Gasteiger charge is -2.01. The first kappa shape index (κ1) is 15.6. The average Bonchev–Trinajstić information content (AvgIpc) is 2.19. The molecular formula is C11H22O4S. The fraction of sp³-hybridized carbons (Fsp3) is 0.909. The van der Waals surface area contributed by atoms with Gasteiger partial charge in [0.25, 0.3) is 10.1 Å². The van der Waals surface area contributed by atoms with E-state index in [4.69, 9.17) is 0 Å². The number of hydrogen-bond donors (Lipinski definition) is 0. The summed E-state index contributed by atoms with van der Waals surface area (Å²) in [6, 6.07) is 0. The minimum Gasteiger partial charge on any atom is -0.297 e. The molecule has 0 heterocycles. The van der Waals surface area contributed by atoms with Gasteiger partial charge in [-0.15, -0.1) is 0 Å². The van der Waals surface area contributed by atoms with E-state index in [-0.39, 0.29) is 12.4 Å². The van der Waals surface area contributed by atoms with Gasteiger partial charge in [0.05, 0.1) is 6.26 Å². The van der Waals surface area contributed by atoms with Crippen LogP contribution >= 0.6 is 0 Å². The van der Waals surface area contributed by atoms with Crippen LogP contribution in [0.25, 0.3) is 0 Å². The van der Waals surface area contributed by atoms with Crippen molar-refractivity contribution in [3.63, 3.8) is 0 Å². The molecule has 0 fully saturated rings. The van der Waals surface area contributed by atoms with Crippen LogP contribution in [0, 0.1) is 0 Å². The van der Waals surface area contributed by atoms with Crippen LogP contribution in [-0.2, 0) is 19.1 Å². The van der Waals surface area contributed by atoms with E-state index in [0.717, 1.165) is 25.5 Å². The fourth-order valence-electron chi connectivity index (χ4n) is 1.35. The topological polar surface area (TPSA) is 60.4 Å². The van der Waals surface area contributed by atoms with Gasteiger partial charge < -0.3 is 0 Å². The van der Waals surface area contributed by atoms with Gasteiger partial charge in [-0.2, -0.15) is 8.42 Å². The minimum atomic E-state index is -3.48.